The number of hydrogen-bond donors (Lipinski definition) is 1. The van der Waals surface area contributed by atoms with Crippen molar-refractivity contribution in [1.29, 1.82) is 0 Å². The van der Waals surface area contributed by atoms with E-state index >= 15 is 4.39 Å². The number of methoxy groups -OCH3 is 1. The second-order valence-corrected chi connectivity index (χ2v) is 9.94. The number of benzene rings is 2. The molecule has 0 saturated carbocycles. The predicted octanol–water partition coefficient (Wildman–Crippen LogP) is 6.63. The number of rotatable bonds is 10. The smallest absolute Gasteiger partial charge is 0.309 e. The minimum atomic E-state index is -1.43. The van der Waals surface area contributed by atoms with E-state index in [2.05, 4.69) is 9.88 Å². The average Bonchev–Trinajstić information content (AvgIpc) is 2.88. The van der Waals surface area contributed by atoms with Crippen molar-refractivity contribution < 1.29 is 23.4 Å². The first kappa shape index (κ1) is 26.3. The Morgan fingerprint density at radius 2 is 2.00 bits per heavy atom. The summed E-state index contributed by atoms with van der Waals surface area (Å²) in [6, 6.07) is 12.0. The molecule has 1 aliphatic heterocycles. The molecule has 192 valence electrons. The summed E-state index contributed by atoms with van der Waals surface area (Å²) in [5.41, 5.74) is 0.656. The number of halogens is 3. The lowest BCUT2D eigenvalue weighted by Crippen LogP contribution is -2.44. The maximum absolute atomic E-state index is 15.6. The number of piperidine rings is 1. The van der Waals surface area contributed by atoms with Gasteiger partial charge in [0.05, 0.1) is 23.1 Å². The number of aliphatic carboxylic acids is 1. The fraction of sp³-hybridized carbons (Fsp3) is 0.429. The number of hydrogen-bond acceptors (Lipinski definition) is 4. The number of carbonyl (C=O) groups is 1. The molecule has 2 heterocycles. The van der Waals surface area contributed by atoms with Crippen molar-refractivity contribution in [2.24, 2.45) is 5.41 Å². The van der Waals surface area contributed by atoms with Crippen LogP contribution in [0.4, 0.5) is 8.78 Å². The van der Waals surface area contributed by atoms with E-state index in [1.54, 1.807) is 30.3 Å². The lowest BCUT2D eigenvalue weighted by atomic mass is 9.74. The van der Waals surface area contributed by atoms with Gasteiger partial charge in [0.25, 0.3) is 0 Å². The zero-order valence-electron chi connectivity index (χ0n) is 20.4. The molecule has 8 heteroatoms. The topological polar surface area (TPSA) is 62.7 Å². The van der Waals surface area contributed by atoms with E-state index < -0.39 is 17.6 Å². The Morgan fingerprint density at radius 1 is 1.25 bits per heavy atom. The van der Waals surface area contributed by atoms with Gasteiger partial charge in [-0.25, -0.2) is 8.78 Å². The molecule has 36 heavy (non-hydrogen) atoms. The normalized spacial score (nSPS) is 16.7. The first-order chi connectivity index (χ1) is 17.3. The number of pyridine rings is 1. The Kier molecular flexibility index (Phi) is 8.42. The molecule has 1 atom stereocenters. The van der Waals surface area contributed by atoms with Gasteiger partial charge in [-0.15, -0.1) is 0 Å². The van der Waals surface area contributed by atoms with Crippen molar-refractivity contribution >= 4 is 28.5 Å². The summed E-state index contributed by atoms with van der Waals surface area (Å²) in [5.74, 6) is -0.500. The minimum absolute atomic E-state index is 0.0512. The van der Waals surface area contributed by atoms with Crippen LogP contribution in [0.25, 0.3) is 10.9 Å². The Labute approximate surface area is 215 Å². The number of aromatic nitrogens is 1. The van der Waals surface area contributed by atoms with E-state index in [1.165, 1.54) is 19.4 Å². The molecule has 1 fully saturated rings. The number of fused-ring (bicyclic) bond motifs is 1. The molecule has 5 nitrogen and oxygen atoms in total. The summed E-state index contributed by atoms with van der Waals surface area (Å²) < 4.78 is 34.7. The van der Waals surface area contributed by atoms with Gasteiger partial charge in [0.1, 0.15) is 17.7 Å². The van der Waals surface area contributed by atoms with Gasteiger partial charge in [0.2, 0.25) is 0 Å². The van der Waals surface area contributed by atoms with Gasteiger partial charge in [0, 0.05) is 17.1 Å². The van der Waals surface area contributed by atoms with Crippen molar-refractivity contribution in [3.05, 3.63) is 70.6 Å². The summed E-state index contributed by atoms with van der Waals surface area (Å²) in [6.07, 6.45) is 2.62. The molecule has 1 N–H and O–H groups in total. The van der Waals surface area contributed by atoms with E-state index in [4.69, 9.17) is 16.3 Å². The van der Waals surface area contributed by atoms with Gasteiger partial charge >= 0.3 is 5.97 Å². The summed E-state index contributed by atoms with van der Waals surface area (Å²) in [5, 5.41) is 10.9. The molecule has 1 saturated heterocycles. The second-order valence-electron chi connectivity index (χ2n) is 9.53. The number of likely N-dealkylation sites (tertiary alicyclic amines) is 1. The van der Waals surface area contributed by atoms with Crippen molar-refractivity contribution in [1.82, 2.24) is 9.88 Å². The van der Waals surface area contributed by atoms with Gasteiger partial charge in [-0.05, 0) is 88.0 Å². The van der Waals surface area contributed by atoms with Gasteiger partial charge < -0.3 is 14.7 Å². The van der Waals surface area contributed by atoms with E-state index in [0.29, 0.717) is 60.1 Å². The minimum Gasteiger partial charge on any atom is -0.497 e. The molecular weight excluding hydrogens is 486 g/mol. The maximum Gasteiger partial charge on any atom is 0.309 e. The number of carboxylic acids is 1. The van der Waals surface area contributed by atoms with E-state index in [0.717, 1.165) is 13.0 Å². The Morgan fingerprint density at radius 3 is 2.69 bits per heavy atom. The third-order valence-corrected chi connectivity index (χ3v) is 7.70. The molecule has 3 aromatic rings. The first-order valence-electron chi connectivity index (χ1n) is 12.3. The van der Waals surface area contributed by atoms with Crippen molar-refractivity contribution in [3.63, 3.8) is 0 Å². The fourth-order valence-electron chi connectivity index (χ4n) is 5.13. The van der Waals surface area contributed by atoms with Crippen LogP contribution in [0.1, 0.15) is 49.4 Å². The molecule has 1 aliphatic rings. The molecular formula is C28H31ClF2N2O3. The molecule has 1 aromatic heterocycles. The summed E-state index contributed by atoms with van der Waals surface area (Å²) >= 11 is 6.34. The Bertz CT molecular complexity index is 1210. The lowest BCUT2D eigenvalue weighted by Gasteiger charge is -2.39. The van der Waals surface area contributed by atoms with Gasteiger partial charge in [0.15, 0.2) is 0 Å². The van der Waals surface area contributed by atoms with E-state index in [1.807, 2.05) is 6.07 Å². The summed E-state index contributed by atoms with van der Waals surface area (Å²) in [4.78, 5) is 18.8. The molecule has 4 rings (SSSR count). The van der Waals surface area contributed by atoms with Crippen LogP contribution in [0.5, 0.6) is 5.75 Å². The SMILES string of the molecule is COc1ccc2ncc(Cl)c([C@@H](F)CCC3(C(=O)O)CCN(CCCc4ccccc4F)CC3)c2c1. The number of nitrogens with zero attached hydrogens (tertiary/aromatic N) is 2. The van der Waals surface area contributed by atoms with Crippen LogP contribution >= 0.6 is 11.6 Å². The van der Waals surface area contributed by atoms with Crippen LogP contribution in [-0.4, -0.2) is 47.7 Å². The number of ether oxygens (including phenoxy) is 1. The zero-order valence-corrected chi connectivity index (χ0v) is 21.1. The number of carboxylic acid groups (broad SMARTS) is 1. The average molecular weight is 517 g/mol. The second kappa shape index (κ2) is 11.5. The third-order valence-electron chi connectivity index (χ3n) is 7.40. The van der Waals surface area contributed by atoms with Crippen molar-refractivity contribution in [3.8, 4) is 5.75 Å². The fourth-order valence-corrected chi connectivity index (χ4v) is 5.40. The summed E-state index contributed by atoms with van der Waals surface area (Å²) in [7, 11) is 1.54. The predicted molar refractivity (Wildman–Crippen MR) is 137 cm³/mol. The Balaban J connectivity index is 1.38. The molecule has 2 aromatic carbocycles. The highest BCUT2D eigenvalue weighted by Crippen LogP contribution is 2.42. The van der Waals surface area contributed by atoms with Crippen LogP contribution in [0, 0.1) is 11.2 Å². The highest BCUT2D eigenvalue weighted by Gasteiger charge is 2.41. The standard InChI is InChI=1S/C28H31ClF2N2O3/c1-36-20-8-9-25-21(17-20)26(22(29)18-32-25)24(31)10-11-28(27(34)35)12-15-33(16-13-28)14-4-6-19-5-2-3-7-23(19)30/h2-3,5,7-9,17-18,24H,4,6,10-16H2,1H3,(H,34,35)/t24-/m0/s1. The molecule has 0 spiro atoms. The van der Waals surface area contributed by atoms with Crippen LogP contribution in [0.2, 0.25) is 5.02 Å². The van der Waals surface area contributed by atoms with Gasteiger partial charge in [-0.1, -0.05) is 29.8 Å². The largest absolute Gasteiger partial charge is 0.497 e. The molecule has 0 unspecified atom stereocenters. The maximum atomic E-state index is 15.6. The zero-order chi connectivity index (χ0) is 25.7. The number of alkyl halides is 1. The van der Waals surface area contributed by atoms with Crippen molar-refractivity contribution in [2.45, 2.75) is 44.7 Å². The summed E-state index contributed by atoms with van der Waals surface area (Å²) in [6.45, 7) is 2.02. The Hall–Kier alpha value is -2.77. The number of aryl methyl sites for hydroxylation is 1. The lowest BCUT2D eigenvalue weighted by molar-refractivity contribution is -0.153. The van der Waals surface area contributed by atoms with Crippen molar-refractivity contribution in [2.75, 3.05) is 26.7 Å². The quantitative estimate of drug-likeness (QED) is 0.328. The molecule has 0 bridgehead atoms. The van der Waals surface area contributed by atoms with Crippen LogP contribution in [0.15, 0.2) is 48.7 Å². The van der Waals surface area contributed by atoms with Crippen LogP contribution in [0.3, 0.4) is 0 Å². The van der Waals surface area contributed by atoms with Gasteiger partial charge in [-0.3, -0.25) is 9.78 Å². The molecule has 0 amide bonds. The highest BCUT2D eigenvalue weighted by atomic mass is 35.5. The molecule has 0 aliphatic carbocycles. The van der Waals surface area contributed by atoms with Crippen LogP contribution in [-0.2, 0) is 11.2 Å². The van der Waals surface area contributed by atoms with E-state index in [9.17, 15) is 14.3 Å². The van der Waals surface area contributed by atoms with E-state index in [-0.39, 0.29) is 23.7 Å². The van der Waals surface area contributed by atoms with Gasteiger partial charge in [-0.2, -0.15) is 0 Å². The van der Waals surface area contributed by atoms with Crippen LogP contribution < -0.4 is 4.74 Å². The molecule has 0 radical (unpaired) electrons. The monoisotopic (exact) mass is 516 g/mol. The first-order valence-corrected chi connectivity index (χ1v) is 12.7. The third kappa shape index (κ3) is 5.79. The highest BCUT2D eigenvalue weighted by molar-refractivity contribution is 6.32.